The van der Waals surface area contributed by atoms with Gasteiger partial charge < -0.3 is 19.7 Å². The molecule has 1 fully saturated rings. The number of hydrogen-bond donors (Lipinski definition) is 1. The van der Waals surface area contributed by atoms with Gasteiger partial charge >= 0.3 is 6.03 Å². The fourth-order valence-electron chi connectivity index (χ4n) is 2.77. The van der Waals surface area contributed by atoms with Crippen molar-refractivity contribution >= 4 is 6.03 Å². The van der Waals surface area contributed by atoms with E-state index >= 15 is 0 Å². The van der Waals surface area contributed by atoms with Crippen LogP contribution in [0.2, 0.25) is 0 Å². The summed E-state index contributed by atoms with van der Waals surface area (Å²) in [6.07, 6.45) is 3.17. The number of ether oxygens (including phenoxy) is 2. The Hall–Kier alpha value is -1.75. The van der Waals surface area contributed by atoms with Gasteiger partial charge in [0, 0.05) is 26.7 Å². The van der Waals surface area contributed by atoms with Crippen LogP contribution in [0.3, 0.4) is 0 Å². The third-order valence-corrected chi connectivity index (χ3v) is 4.22. The van der Waals surface area contributed by atoms with Crippen molar-refractivity contribution in [3.05, 3.63) is 29.3 Å². The molecule has 0 aliphatic carbocycles. The van der Waals surface area contributed by atoms with Gasteiger partial charge in [0.1, 0.15) is 5.75 Å². The quantitative estimate of drug-likeness (QED) is 0.876. The highest BCUT2D eigenvalue weighted by molar-refractivity contribution is 5.74. The maximum atomic E-state index is 12.3. The summed E-state index contributed by atoms with van der Waals surface area (Å²) >= 11 is 0. The molecule has 1 aliphatic heterocycles. The summed E-state index contributed by atoms with van der Waals surface area (Å²) in [5, 5.41) is 3.01. The summed E-state index contributed by atoms with van der Waals surface area (Å²) in [4.78, 5) is 14.1. The second-order valence-corrected chi connectivity index (χ2v) is 6.04. The second kappa shape index (κ2) is 8.77. The average Bonchev–Trinajstić information content (AvgIpc) is 2.58. The number of piperidine rings is 1. The molecule has 1 heterocycles. The molecule has 1 aliphatic rings. The summed E-state index contributed by atoms with van der Waals surface area (Å²) in [5.41, 5.74) is 2.25. The summed E-state index contributed by atoms with van der Waals surface area (Å²) in [7, 11) is 1.71. The number of hydrogen-bond acceptors (Lipinski definition) is 3. The van der Waals surface area contributed by atoms with Crippen molar-refractivity contribution in [3.8, 4) is 5.75 Å². The standard InChI is InChI=1S/C18H28N2O3/c1-4-10-23-16-8-7-15(14(2)11-16)12-19-18(21)20-9-5-6-17(13-20)22-3/h7-8,11,17H,4-6,9-10,12-13H2,1-3H3,(H,19,21). The van der Waals surface area contributed by atoms with Gasteiger partial charge in [-0.2, -0.15) is 0 Å². The first-order valence-corrected chi connectivity index (χ1v) is 8.42. The number of benzene rings is 1. The van der Waals surface area contributed by atoms with E-state index in [4.69, 9.17) is 9.47 Å². The molecule has 128 valence electrons. The van der Waals surface area contributed by atoms with Crippen molar-refractivity contribution in [2.45, 2.75) is 45.8 Å². The summed E-state index contributed by atoms with van der Waals surface area (Å²) < 4.78 is 11.0. The van der Waals surface area contributed by atoms with Crippen molar-refractivity contribution < 1.29 is 14.3 Å². The van der Waals surface area contributed by atoms with Crippen LogP contribution in [-0.2, 0) is 11.3 Å². The minimum Gasteiger partial charge on any atom is -0.494 e. The number of nitrogens with one attached hydrogen (secondary N) is 1. The molecule has 23 heavy (non-hydrogen) atoms. The highest BCUT2D eigenvalue weighted by Crippen LogP contribution is 2.18. The fraction of sp³-hybridized carbons (Fsp3) is 0.611. The number of carbonyl (C=O) groups is 1. The molecule has 2 amide bonds. The number of likely N-dealkylation sites (tertiary alicyclic amines) is 1. The normalized spacial score (nSPS) is 17.9. The number of methoxy groups -OCH3 is 1. The molecule has 1 unspecified atom stereocenters. The van der Waals surface area contributed by atoms with Crippen LogP contribution in [0.25, 0.3) is 0 Å². The van der Waals surface area contributed by atoms with Gasteiger partial charge in [0.25, 0.3) is 0 Å². The molecule has 1 atom stereocenters. The zero-order valence-corrected chi connectivity index (χ0v) is 14.4. The Morgan fingerprint density at radius 2 is 2.26 bits per heavy atom. The van der Waals surface area contributed by atoms with Gasteiger partial charge in [0.15, 0.2) is 0 Å². The predicted molar refractivity (Wildman–Crippen MR) is 90.8 cm³/mol. The molecule has 0 saturated carbocycles. The molecule has 0 bridgehead atoms. The van der Waals surface area contributed by atoms with Crippen molar-refractivity contribution in [1.82, 2.24) is 10.2 Å². The molecule has 0 aromatic heterocycles. The van der Waals surface area contributed by atoms with E-state index in [1.165, 1.54) is 0 Å². The molecule has 5 nitrogen and oxygen atoms in total. The topological polar surface area (TPSA) is 50.8 Å². The molecule has 2 rings (SSSR count). The van der Waals surface area contributed by atoms with Crippen LogP contribution in [-0.4, -0.2) is 43.8 Å². The Morgan fingerprint density at radius 1 is 1.43 bits per heavy atom. The number of urea groups is 1. The number of aryl methyl sites for hydroxylation is 1. The fourth-order valence-corrected chi connectivity index (χ4v) is 2.77. The van der Waals surface area contributed by atoms with E-state index in [2.05, 4.69) is 12.2 Å². The molecule has 1 N–H and O–H groups in total. The van der Waals surface area contributed by atoms with Crippen molar-refractivity contribution in [1.29, 1.82) is 0 Å². The first kappa shape index (κ1) is 17.6. The Balaban J connectivity index is 1.86. The maximum Gasteiger partial charge on any atom is 0.317 e. The summed E-state index contributed by atoms with van der Waals surface area (Å²) in [6.45, 7) is 6.87. The number of rotatable bonds is 6. The first-order chi connectivity index (χ1) is 11.1. The van der Waals surface area contributed by atoms with Crippen LogP contribution in [0.15, 0.2) is 18.2 Å². The monoisotopic (exact) mass is 320 g/mol. The van der Waals surface area contributed by atoms with Crippen molar-refractivity contribution in [3.63, 3.8) is 0 Å². The zero-order chi connectivity index (χ0) is 16.7. The number of nitrogens with zero attached hydrogens (tertiary/aromatic N) is 1. The minimum absolute atomic E-state index is 0.0162. The molecule has 0 radical (unpaired) electrons. The Bertz CT molecular complexity index is 519. The molecule has 0 spiro atoms. The summed E-state index contributed by atoms with van der Waals surface area (Å²) in [5.74, 6) is 0.887. The van der Waals surface area contributed by atoms with Gasteiger partial charge in [-0.3, -0.25) is 0 Å². The van der Waals surface area contributed by atoms with Crippen molar-refractivity contribution in [2.75, 3.05) is 26.8 Å². The zero-order valence-electron chi connectivity index (χ0n) is 14.4. The van der Waals surface area contributed by atoms with E-state index in [0.29, 0.717) is 13.1 Å². The van der Waals surface area contributed by atoms with E-state index in [9.17, 15) is 4.79 Å². The van der Waals surface area contributed by atoms with Gasteiger partial charge in [-0.05, 0) is 49.4 Å². The lowest BCUT2D eigenvalue weighted by Crippen LogP contribution is -2.47. The van der Waals surface area contributed by atoms with Gasteiger partial charge in [0.05, 0.1) is 12.7 Å². The van der Waals surface area contributed by atoms with Crippen LogP contribution >= 0.6 is 0 Å². The highest BCUT2D eigenvalue weighted by atomic mass is 16.5. The largest absolute Gasteiger partial charge is 0.494 e. The highest BCUT2D eigenvalue weighted by Gasteiger charge is 2.23. The van der Waals surface area contributed by atoms with Gasteiger partial charge in [-0.1, -0.05) is 13.0 Å². The maximum absolute atomic E-state index is 12.3. The average molecular weight is 320 g/mol. The van der Waals surface area contributed by atoms with Crippen molar-refractivity contribution in [2.24, 2.45) is 0 Å². The van der Waals surface area contributed by atoms with Crippen LogP contribution in [0.4, 0.5) is 4.79 Å². The lowest BCUT2D eigenvalue weighted by Gasteiger charge is -2.32. The molecule has 1 aromatic rings. The van der Waals surface area contributed by atoms with E-state index < -0.39 is 0 Å². The SMILES string of the molecule is CCCOc1ccc(CNC(=O)N2CCCC(OC)C2)c(C)c1. The van der Waals surface area contributed by atoms with Crippen LogP contribution in [0, 0.1) is 6.92 Å². The Labute approximate surface area is 139 Å². The lowest BCUT2D eigenvalue weighted by atomic mass is 10.1. The molecule has 1 saturated heterocycles. The smallest absolute Gasteiger partial charge is 0.317 e. The minimum atomic E-state index is -0.0162. The van der Waals surface area contributed by atoms with E-state index in [0.717, 1.165) is 49.3 Å². The number of carbonyl (C=O) groups excluding carboxylic acids is 1. The third-order valence-electron chi connectivity index (χ3n) is 4.22. The Morgan fingerprint density at radius 3 is 2.96 bits per heavy atom. The van der Waals surface area contributed by atoms with E-state index in [1.54, 1.807) is 7.11 Å². The number of amides is 2. The second-order valence-electron chi connectivity index (χ2n) is 6.04. The van der Waals surface area contributed by atoms with Crippen LogP contribution < -0.4 is 10.1 Å². The van der Waals surface area contributed by atoms with Crippen LogP contribution in [0.1, 0.15) is 37.3 Å². The lowest BCUT2D eigenvalue weighted by molar-refractivity contribution is 0.0434. The van der Waals surface area contributed by atoms with Gasteiger partial charge in [0.2, 0.25) is 0 Å². The predicted octanol–water partition coefficient (Wildman–Crippen LogP) is 3.10. The van der Waals surface area contributed by atoms with Crippen LogP contribution in [0.5, 0.6) is 5.75 Å². The van der Waals surface area contributed by atoms with Gasteiger partial charge in [-0.25, -0.2) is 4.79 Å². The molecule has 5 heteroatoms. The third kappa shape index (κ3) is 5.13. The Kier molecular flexibility index (Phi) is 6.71. The molecule has 1 aromatic carbocycles. The van der Waals surface area contributed by atoms with E-state index in [1.807, 2.05) is 30.0 Å². The van der Waals surface area contributed by atoms with Gasteiger partial charge in [-0.15, -0.1) is 0 Å². The summed E-state index contributed by atoms with van der Waals surface area (Å²) in [6, 6.07) is 6.00. The first-order valence-electron chi connectivity index (χ1n) is 8.42. The molecular weight excluding hydrogens is 292 g/mol. The van der Waals surface area contributed by atoms with E-state index in [-0.39, 0.29) is 12.1 Å². The molecular formula is C18H28N2O3.